The maximum Gasteiger partial charge on any atom is 0.433 e. The van der Waals surface area contributed by atoms with Crippen LogP contribution in [-0.2, 0) is 19.4 Å². The van der Waals surface area contributed by atoms with Gasteiger partial charge >= 0.3 is 18.0 Å². The molecule has 2 aromatic heterocycles. The third-order valence-corrected chi connectivity index (χ3v) is 3.71. The minimum atomic E-state index is -4.80. The Labute approximate surface area is 151 Å². The molecule has 6 nitrogen and oxygen atoms in total. The smallest absolute Gasteiger partial charge is 0.423 e. The summed E-state index contributed by atoms with van der Waals surface area (Å²) in [5.74, 6) is -1.03. The molecule has 0 radical (unpaired) electrons. The van der Waals surface area contributed by atoms with Crippen molar-refractivity contribution in [2.24, 2.45) is 7.05 Å². The van der Waals surface area contributed by atoms with Gasteiger partial charge in [-0.3, -0.25) is 9.48 Å². The number of hydrogen-bond acceptors (Lipinski definition) is 4. The Bertz CT molecular complexity index is 1130. The lowest BCUT2D eigenvalue weighted by Crippen LogP contribution is -2.14. The van der Waals surface area contributed by atoms with E-state index >= 15 is 0 Å². The molecule has 0 saturated heterocycles. The zero-order valence-electron chi connectivity index (χ0n) is 13.8. The first-order chi connectivity index (χ1) is 12.9. The van der Waals surface area contributed by atoms with Crippen molar-refractivity contribution in [1.29, 1.82) is 0 Å². The number of hydrogen-bond donors (Lipinski definition) is 1. The van der Waals surface area contributed by atoms with Gasteiger partial charge in [0.1, 0.15) is 11.3 Å². The Morgan fingerprint density at radius 3 is 2.32 bits per heavy atom. The first-order valence-corrected chi connectivity index (χ1v) is 7.44. The Morgan fingerprint density at radius 1 is 1.07 bits per heavy atom. The van der Waals surface area contributed by atoms with Crippen LogP contribution >= 0.6 is 0 Å². The largest absolute Gasteiger partial charge is 0.433 e. The van der Waals surface area contributed by atoms with Crippen LogP contribution in [0.15, 0.2) is 39.5 Å². The number of benzene rings is 1. The number of carbonyl (C=O) groups is 1. The number of halogens is 6. The van der Waals surface area contributed by atoms with Crippen LogP contribution in [0.25, 0.3) is 11.0 Å². The molecule has 3 aromatic rings. The van der Waals surface area contributed by atoms with Gasteiger partial charge in [-0.2, -0.15) is 31.4 Å². The van der Waals surface area contributed by atoms with Gasteiger partial charge in [0.25, 0.3) is 5.91 Å². The first-order valence-electron chi connectivity index (χ1n) is 7.44. The molecule has 0 aliphatic heterocycles. The molecule has 0 bridgehead atoms. The van der Waals surface area contributed by atoms with E-state index in [1.807, 2.05) is 0 Å². The van der Waals surface area contributed by atoms with Crippen molar-refractivity contribution in [2.45, 2.75) is 12.4 Å². The average molecular weight is 405 g/mol. The summed E-state index contributed by atoms with van der Waals surface area (Å²) in [6, 6.07) is 3.84. The molecule has 1 amide bonds. The van der Waals surface area contributed by atoms with E-state index < -0.39 is 51.8 Å². The number of alkyl halides is 6. The van der Waals surface area contributed by atoms with Gasteiger partial charge in [0.2, 0.25) is 0 Å². The van der Waals surface area contributed by atoms with E-state index in [9.17, 15) is 35.9 Å². The van der Waals surface area contributed by atoms with E-state index in [2.05, 4.69) is 10.4 Å². The Hall–Kier alpha value is -3.31. The highest BCUT2D eigenvalue weighted by Crippen LogP contribution is 2.34. The monoisotopic (exact) mass is 405 g/mol. The number of amides is 1. The fraction of sp³-hybridized carbons (Fsp3) is 0.188. The van der Waals surface area contributed by atoms with Crippen molar-refractivity contribution in [3.63, 3.8) is 0 Å². The third kappa shape index (κ3) is 3.70. The van der Waals surface area contributed by atoms with Crippen LogP contribution in [0.2, 0.25) is 0 Å². The van der Waals surface area contributed by atoms with Crippen molar-refractivity contribution in [1.82, 2.24) is 9.78 Å². The van der Waals surface area contributed by atoms with Gasteiger partial charge in [-0.15, -0.1) is 0 Å². The second-order valence-corrected chi connectivity index (χ2v) is 5.68. The number of aryl methyl sites for hydroxylation is 1. The summed E-state index contributed by atoms with van der Waals surface area (Å²) < 4.78 is 82.6. The first kappa shape index (κ1) is 19.5. The molecule has 0 spiro atoms. The van der Waals surface area contributed by atoms with Crippen molar-refractivity contribution in [3.05, 3.63) is 57.7 Å². The maximum atomic E-state index is 13.0. The number of rotatable bonds is 2. The van der Waals surface area contributed by atoms with Gasteiger partial charge in [0.15, 0.2) is 5.69 Å². The molecule has 3 rings (SSSR count). The van der Waals surface area contributed by atoms with E-state index in [0.29, 0.717) is 16.8 Å². The molecule has 0 unspecified atom stereocenters. The fourth-order valence-corrected chi connectivity index (χ4v) is 2.51. The van der Waals surface area contributed by atoms with Gasteiger partial charge in [0.05, 0.1) is 5.56 Å². The van der Waals surface area contributed by atoms with Gasteiger partial charge in [-0.05, 0) is 12.1 Å². The molecule has 148 valence electrons. The van der Waals surface area contributed by atoms with E-state index in [1.54, 1.807) is 0 Å². The summed E-state index contributed by atoms with van der Waals surface area (Å²) in [4.78, 5) is 23.5. The molecule has 0 aliphatic carbocycles. The minimum absolute atomic E-state index is 0.0980. The lowest BCUT2D eigenvalue weighted by atomic mass is 10.1. The Morgan fingerprint density at radius 2 is 1.75 bits per heavy atom. The van der Waals surface area contributed by atoms with Crippen LogP contribution in [0.1, 0.15) is 21.7 Å². The zero-order chi connectivity index (χ0) is 20.9. The SMILES string of the molecule is Cn1nc(C(=O)Nc2ccc3c(C(F)(F)F)cc(=O)oc3c2)cc1C(F)(F)F. The highest BCUT2D eigenvalue weighted by Gasteiger charge is 2.36. The topological polar surface area (TPSA) is 77.1 Å². The van der Waals surface area contributed by atoms with Crippen molar-refractivity contribution in [3.8, 4) is 0 Å². The second kappa shape index (κ2) is 6.39. The molecule has 0 saturated carbocycles. The summed E-state index contributed by atoms with van der Waals surface area (Å²) in [5, 5.41) is 5.24. The molecule has 0 aliphatic rings. The molecule has 0 atom stereocenters. The van der Waals surface area contributed by atoms with Crippen LogP contribution < -0.4 is 10.9 Å². The molecule has 0 fully saturated rings. The summed E-state index contributed by atoms with van der Waals surface area (Å²) in [6.45, 7) is 0. The number of carbonyl (C=O) groups excluding carboxylic acids is 1. The Balaban J connectivity index is 1.95. The molecule has 1 aromatic carbocycles. The number of aromatic nitrogens is 2. The van der Waals surface area contributed by atoms with Crippen molar-refractivity contribution >= 4 is 22.6 Å². The van der Waals surface area contributed by atoms with Gasteiger partial charge in [-0.1, -0.05) is 0 Å². The van der Waals surface area contributed by atoms with E-state index in [-0.39, 0.29) is 5.69 Å². The summed E-state index contributed by atoms with van der Waals surface area (Å²) in [7, 11) is 1.00. The van der Waals surface area contributed by atoms with Crippen molar-refractivity contribution in [2.75, 3.05) is 5.32 Å². The molecule has 1 N–H and O–H groups in total. The molecule has 28 heavy (non-hydrogen) atoms. The fourth-order valence-electron chi connectivity index (χ4n) is 2.51. The highest BCUT2D eigenvalue weighted by molar-refractivity contribution is 6.03. The van der Waals surface area contributed by atoms with E-state index in [0.717, 1.165) is 25.2 Å². The van der Waals surface area contributed by atoms with E-state index in [1.165, 1.54) is 0 Å². The summed E-state index contributed by atoms with van der Waals surface area (Å²) in [5.41, 5.74) is -4.72. The van der Waals surface area contributed by atoms with Crippen LogP contribution in [0, 0.1) is 0 Å². The lowest BCUT2D eigenvalue weighted by Gasteiger charge is -2.10. The van der Waals surface area contributed by atoms with Crippen molar-refractivity contribution < 1.29 is 35.6 Å². The van der Waals surface area contributed by atoms with Crippen LogP contribution in [0.3, 0.4) is 0 Å². The molecular weight excluding hydrogens is 396 g/mol. The quantitative estimate of drug-likeness (QED) is 0.520. The number of fused-ring (bicyclic) bond motifs is 1. The lowest BCUT2D eigenvalue weighted by molar-refractivity contribution is -0.143. The predicted molar refractivity (Wildman–Crippen MR) is 83.6 cm³/mol. The molecular formula is C16H9F6N3O3. The normalized spacial score (nSPS) is 12.4. The maximum absolute atomic E-state index is 13.0. The van der Waals surface area contributed by atoms with Crippen LogP contribution in [0.4, 0.5) is 32.0 Å². The third-order valence-electron chi connectivity index (χ3n) is 3.71. The minimum Gasteiger partial charge on any atom is -0.423 e. The van der Waals surface area contributed by atoms with Crippen LogP contribution in [-0.4, -0.2) is 15.7 Å². The summed E-state index contributed by atoms with van der Waals surface area (Å²) in [6.07, 6.45) is -9.53. The highest BCUT2D eigenvalue weighted by atomic mass is 19.4. The Kier molecular flexibility index (Phi) is 4.44. The summed E-state index contributed by atoms with van der Waals surface area (Å²) >= 11 is 0. The van der Waals surface area contributed by atoms with E-state index in [4.69, 9.17) is 4.42 Å². The molecule has 2 heterocycles. The number of anilines is 1. The number of nitrogens with one attached hydrogen (secondary N) is 1. The average Bonchev–Trinajstić information content (AvgIpc) is 2.95. The number of nitrogens with zero attached hydrogens (tertiary/aromatic N) is 2. The standard InChI is InChI=1S/C16H9F6N3O3/c1-25-12(16(20,21)22)6-10(24-25)14(27)23-7-2-3-8-9(15(17,18)19)5-13(26)28-11(8)4-7/h2-6H,1H3,(H,23,27). The van der Waals surface area contributed by atoms with Gasteiger partial charge in [0, 0.05) is 36.3 Å². The zero-order valence-corrected chi connectivity index (χ0v) is 13.8. The van der Waals surface area contributed by atoms with Crippen LogP contribution in [0.5, 0.6) is 0 Å². The second-order valence-electron chi connectivity index (χ2n) is 5.68. The van der Waals surface area contributed by atoms with Gasteiger partial charge < -0.3 is 9.73 Å². The molecule has 12 heteroatoms. The predicted octanol–water partition coefficient (Wildman–Crippen LogP) is 3.82. The van der Waals surface area contributed by atoms with Gasteiger partial charge in [-0.25, -0.2) is 4.79 Å².